The van der Waals surface area contributed by atoms with E-state index in [1.807, 2.05) is 32.6 Å². The van der Waals surface area contributed by atoms with Gasteiger partial charge in [0.05, 0.1) is 4.88 Å². The van der Waals surface area contributed by atoms with Crippen LogP contribution in [0.25, 0.3) is 0 Å². The Bertz CT molecular complexity index is 338. The van der Waals surface area contributed by atoms with Gasteiger partial charge in [0.2, 0.25) is 0 Å². The number of hydrogen-bond acceptors (Lipinski definition) is 3. The lowest BCUT2D eigenvalue weighted by atomic mass is 10.3. The summed E-state index contributed by atoms with van der Waals surface area (Å²) < 4.78 is 0. The van der Waals surface area contributed by atoms with E-state index in [0.29, 0.717) is 5.69 Å². The molecule has 84 valence electrons. The lowest BCUT2D eigenvalue weighted by Gasteiger charge is -2.24. The molecule has 3 nitrogen and oxygen atoms in total. The zero-order chi connectivity index (χ0) is 11.6. The number of carbonyl (C=O) groups is 1. The first-order valence-electron chi connectivity index (χ1n) is 5.14. The molecule has 15 heavy (non-hydrogen) atoms. The van der Waals surface area contributed by atoms with Crippen LogP contribution in [0.15, 0.2) is 6.07 Å². The second-order valence-corrected chi connectivity index (χ2v) is 5.06. The van der Waals surface area contributed by atoms with E-state index in [0.717, 1.165) is 16.3 Å². The number of hydrogen-bond donors (Lipinski definition) is 1. The van der Waals surface area contributed by atoms with Crippen LogP contribution in [0, 0.1) is 6.92 Å². The van der Waals surface area contributed by atoms with Gasteiger partial charge in [0.1, 0.15) is 0 Å². The quantitative estimate of drug-likeness (QED) is 0.860. The summed E-state index contributed by atoms with van der Waals surface area (Å²) in [7, 11) is 0. The van der Waals surface area contributed by atoms with Gasteiger partial charge in [-0.05, 0) is 33.8 Å². The SMILES string of the molecule is CCN(C(=O)c1cc(N)c(C)s1)C(C)C. The van der Waals surface area contributed by atoms with Crippen molar-refractivity contribution < 1.29 is 4.79 Å². The standard InChI is InChI=1S/C11H18N2OS/c1-5-13(7(2)3)11(14)10-6-9(12)8(4)15-10/h6-7H,5,12H2,1-4H3. The molecule has 0 saturated carbocycles. The average Bonchev–Trinajstić information content (AvgIpc) is 2.47. The number of amides is 1. The lowest BCUT2D eigenvalue weighted by Crippen LogP contribution is -2.36. The first kappa shape index (κ1) is 12.0. The molecule has 4 heteroatoms. The molecular formula is C11H18N2OS. The molecule has 2 N–H and O–H groups in total. The van der Waals surface area contributed by atoms with E-state index in [-0.39, 0.29) is 11.9 Å². The maximum Gasteiger partial charge on any atom is 0.264 e. The minimum atomic E-state index is 0.0808. The molecule has 0 bridgehead atoms. The zero-order valence-corrected chi connectivity index (χ0v) is 10.5. The molecule has 0 saturated heterocycles. The summed E-state index contributed by atoms with van der Waals surface area (Å²) in [6.45, 7) is 8.69. The minimum Gasteiger partial charge on any atom is -0.398 e. The number of rotatable bonds is 3. The summed E-state index contributed by atoms with van der Waals surface area (Å²) in [5.41, 5.74) is 6.45. The van der Waals surface area contributed by atoms with Gasteiger partial charge in [-0.15, -0.1) is 11.3 Å². The average molecular weight is 226 g/mol. The van der Waals surface area contributed by atoms with Crippen molar-refractivity contribution in [2.24, 2.45) is 0 Å². The minimum absolute atomic E-state index is 0.0808. The van der Waals surface area contributed by atoms with Crippen LogP contribution < -0.4 is 5.73 Å². The Morgan fingerprint density at radius 2 is 2.20 bits per heavy atom. The molecule has 1 rings (SSSR count). The van der Waals surface area contributed by atoms with Crippen LogP contribution in [0.3, 0.4) is 0 Å². The Kier molecular flexibility index (Phi) is 3.74. The largest absolute Gasteiger partial charge is 0.398 e. The van der Waals surface area contributed by atoms with Gasteiger partial charge < -0.3 is 10.6 Å². The molecule has 0 atom stereocenters. The number of thiophene rings is 1. The van der Waals surface area contributed by atoms with Gasteiger partial charge in [0.15, 0.2) is 0 Å². The maximum atomic E-state index is 12.1. The fraction of sp³-hybridized carbons (Fsp3) is 0.545. The summed E-state index contributed by atoms with van der Waals surface area (Å²) in [6.07, 6.45) is 0. The molecule has 0 spiro atoms. The topological polar surface area (TPSA) is 46.3 Å². The molecule has 0 aromatic carbocycles. The molecular weight excluding hydrogens is 208 g/mol. The van der Waals surface area contributed by atoms with Gasteiger partial charge in [0, 0.05) is 23.2 Å². The van der Waals surface area contributed by atoms with E-state index in [1.54, 1.807) is 6.07 Å². The molecule has 0 aliphatic rings. The van der Waals surface area contributed by atoms with Crippen molar-refractivity contribution in [3.8, 4) is 0 Å². The Morgan fingerprint density at radius 1 is 1.60 bits per heavy atom. The van der Waals surface area contributed by atoms with Crippen LogP contribution in [0.4, 0.5) is 5.69 Å². The van der Waals surface area contributed by atoms with Crippen molar-refractivity contribution >= 4 is 22.9 Å². The van der Waals surface area contributed by atoms with Gasteiger partial charge in [-0.25, -0.2) is 0 Å². The highest BCUT2D eigenvalue weighted by Gasteiger charge is 2.19. The molecule has 0 radical (unpaired) electrons. The van der Waals surface area contributed by atoms with Gasteiger partial charge in [-0.3, -0.25) is 4.79 Å². The van der Waals surface area contributed by atoms with Gasteiger partial charge in [-0.1, -0.05) is 0 Å². The first-order valence-corrected chi connectivity index (χ1v) is 5.95. The van der Waals surface area contributed by atoms with E-state index in [9.17, 15) is 4.79 Å². The molecule has 1 aromatic heterocycles. The van der Waals surface area contributed by atoms with Crippen molar-refractivity contribution in [2.75, 3.05) is 12.3 Å². The predicted molar refractivity (Wildman–Crippen MR) is 65.3 cm³/mol. The summed E-state index contributed by atoms with van der Waals surface area (Å²) >= 11 is 1.47. The number of anilines is 1. The third-order valence-electron chi connectivity index (χ3n) is 2.39. The van der Waals surface area contributed by atoms with E-state index in [4.69, 9.17) is 5.73 Å². The van der Waals surface area contributed by atoms with Crippen LogP contribution in [0.2, 0.25) is 0 Å². The van der Waals surface area contributed by atoms with E-state index in [2.05, 4.69) is 0 Å². The summed E-state index contributed by atoms with van der Waals surface area (Å²) in [5.74, 6) is 0.0808. The Morgan fingerprint density at radius 3 is 2.53 bits per heavy atom. The van der Waals surface area contributed by atoms with Crippen molar-refractivity contribution in [2.45, 2.75) is 33.7 Å². The number of nitrogens with zero attached hydrogens (tertiary/aromatic N) is 1. The number of nitrogens with two attached hydrogens (primary N) is 1. The summed E-state index contributed by atoms with van der Waals surface area (Å²) in [6, 6.07) is 2.00. The fourth-order valence-electron chi connectivity index (χ4n) is 1.49. The molecule has 1 amide bonds. The van der Waals surface area contributed by atoms with Crippen LogP contribution in [0.5, 0.6) is 0 Å². The molecule has 1 aromatic rings. The smallest absolute Gasteiger partial charge is 0.264 e. The Hall–Kier alpha value is -1.03. The highest BCUT2D eigenvalue weighted by Crippen LogP contribution is 2.25. The number of nitrogen functional groups attached to an aromatic ring is 1. The molecule has 0 aliphatic carbocycles. The Balaban J connectivity index is 2.93. The van der Waals surface area contributed by atoms with Gasteiger partial charge in [0.25, 0.3) is 5.91 Å². The summed E-state index contributed by atoms with van der Waals surface area (Å²) in [4.78, 5) is 15.7. The highest BCUT2D eigenvalue weighted by molar-refractivity contribution is 7.14. The van der Waals surface area contributed by atoms with Crippen molar-refractivity contribution in [3.05, 3.63) is 15.8 Å². The number of carbonyl (C=O) groups excluding carboxylic acids is 1. The normalized spacial score (nSPS) is 10.7. The van der Waals surface area contributed by atoms with Crippen LogP contribution in [-0.2, 0) is 0 Å². The van der Waals surface area contributed by atoms with Crippen molar-refractivity contribution in [3.63, 3.8) is 0 Å². The van der Waals surface area contributed by atoms with Crippen LogP contribution in [-0.4, -0.2) is 23.4 Å². The van der Waals surface area contributed by atoms with E-state index < -0.39 is 0 Å². The fourth-order valence-corrected chi connectivity index (χ4v) is 2.38. The summed E-state index contributed by atoms with van der Waals surface area (Å²) in [5, 5.41) is 0. The monoisotopic (exact) mass is 226 g/mol. The molecule has 0 unspecified atom stereocenters. The number of aryl methyl sites for hydroxylation is 1. The van der Waals surface area contributed by atoms with Crippen LogP contribution in [0.1, 0.15) is 35.3 Å². The van der Waals surface area contributed by atoms with Crippen molar-refractivity contribution in [1.29, 1.82) is 0 Å². The lowest BCUT2D eigenvalue weighted by molar-refractivity contribution is 0.0722. The van der Waals surface area contributed by atoms with Gasteiger partial charge >= 0.3 is 0 Å². The maximum absolute atomic E-state index is 12.1. The highest BCUT2D eigenvalue weighted by atomic mass is 32.1. The third-order valence-corrected chi connectivity index (χ3v) is 3.45. The molecule has 1 heterocycles. The second kappa shape index (κ2) is 4.66. The third kappa shape index (κ3) is 2.50. The zero-order valence-electron chi connectivity index (χ0n) is 9.70. The predicted octanol–water partition coefficient (Wildman–Crippen LogP) is 2.51. The first-order chi connectivity index (χ1) is 6.97. The Labute approximate surface area is 94.9 Å². The second-order valence-electron chi connectivity index (χ2n) is 3.81. The van der Waals surface area contributed by atoms with Gasteiger partial charge in [-0.2, -0.15) is 0 Å². The van der Waals surface area contributed by atoms with E-state index >= 15 is 0 Å². The molecule has 0 fully saturated rings. The van der Waals surface area contributed by atoms with Crippen LogP contribution >= 0.6 is 11.3 Å². The van der Waals surface area contributed by atoms with Crippen molar-refractivity contribution in [1.82, 2.24) is 4.90 Å². The van der Waals surface area contributed by atoms with E-state index in [1.165, 1.54) is 11.3 Å². The molecule has 0 aliphatic heterocycles.